The van der Waals surface area contributed by atoms with Gasteiger partial charge in [-0.3, -0.25) is 0 Å². The molecule has 22 heavy (non-hydrogen) atoms. The minimum atomic E-state index is -0.570. The Morgan fingerprint density at radius 1 is 1.14 bits per heavy atom. The third kappa shape index (κ3) is 3.63. The van der Waals surface area contributed by atoms with Crippen molar-refractivity contribution in [2.45, 2.75) is 6.92 Å². The number of carbonyl (C=O) groups excluding carboxylic acids is 1. The van der Waals surface area contributed by atoms with Crippen LogP contribution in [0.2, 0.25) is 0 Å². The molecule has 2 rings (SSSR count). The number of benzene rings is 1. The Hall–Kier alpha value is -2.82. The van der Waals surface area contributed by atoms with Crippen molar-refractivity contribution < 1.29 is 14.4 Å². The molecule has 1 aromatic carbocycles. The van der Waals surface area contributed by atoms with Gasteiger partial charge in [-0.1, -0.05) is 36.4 Å². The Bertz CT molecular complexity index is 669. The highest BCUT2D eigenvalue weighted by atomic mass is 16.7. The first kappa shape index (κ1) is 15.6. The average Bonchev–Trinajstić information content (AvgIpc) is 2.57. The summed E-state index contributed by atoms with van der Waals surface area (Å²) in [4.78, 5) is 21.6. The minimum Gasteiger partial charge on any atom is -0.490 e. The van der Waals surface area contributed by atoms with Crippen LogP contribution in [0.5, 0.6) is 0 Å². The van der Waals surface area contributed by atoms with Crippen LogP contribution in [0.3, 0.4) is 0 Å². The Kier molecular flexibility index (Phi) is 5.14. The lowest BCUT2D eigenvalue weighted by Gasteiger charge is -2.18. The van der Waals surface area contributed by atoms with Crippen molar-refractivity contribution in [1.29, 1.82) is 0 Å². The molecule has 0 fully saturated rings. The topological polar surface area (TPSA) is 51.7 Å². The first-order valence-corrected chi connectivity index (χ1v) is 6.84. The van der Waals surface area contributed by atoms with Crippen molar-refractivity contribution in [2.24, 2.45) is 0 Å². The third-order valence-corrected chi connectivity index (χ3v) is 3.03. The molecule has 5 nitrogen and oxygen atoms in total. The van der Waals surface area contributed by atoms with E-state index < -0.39 is 5.97 Å². The fourth-order valence-electron chi connectivity index (χ4n) is 1.90. The van der Waals surface area contributed by atoms with Crippen molar-refractivity contribution in [1.82, 2.24) is 4.98 Å². The van der Waals surface area contributed by atoms with Crippen LogP contribution in [-0.2, 0) is 14.4 Å². The molecule has 0 aliphatic carbocycles. The predicted octanol–water partition coefficient (Wildman–Crippen LogP) is 3.19. The van der Waals surface area contributed by atoms with E-state index in [0.717, 1.165) is 11.3 Å². The van der Waals surface area contributed by atoms with Gasteiger partial charge in [0.1, 0.15) is 0 Å². The molecular formula is C17H18N2O3. The van der Waals surface area contributed by atoms with E-state index in [1.54, 1.807) is 26.1 Å². The number of rotatable bonds is 5. The predicted molar refractivity (Wildman–Crippen MR) is 84.9 cm³/mol. The Morgan fingerprint density at radius 2 is 1.86 bits per heavy atom. The summed E-state index contributed by atoms with van der Waals surface area (Å²) in [6, 6.07) is 15.3. The van der Waals surface area contributed by atoms with Crippen LogP contribution in [0.25, 0.3) is 11.3 Å². The number of nitrogens with zero attached hydrogens (tertiary/aromatic N) is 2. The highest BCUT2D eigenvalue weighted by molar-refractivity contribution is 5.86. The molecule has 0 bridgehead atoms. The van der Waals surface area contributed by atoms with Gasteiger partial charge >= 0.3 is 5.97 Å². The summed E-state index contributed by atoms with van der Waals surface area (Å²) in [6.45, 7) is 1.70. The molecular weight excluding hydrogens is 280 g/mol. The van der Waals surface area contributed by atoms with E-state index in [1.807, 2.05) is 42.5 Å². The second-order valence-corrected chi connectivity index (χ2v) is 4.48. The number of pyridine rings is 1. The van der Waals surface area contributed by atoms with E-state index in [9.17, 15) is 4.79 Å². The second kappa shape index (κ2) is 7.26. The van der Waals surface area contributed by atoms with E-state index in [-0.39, 0.29) is 5.76 Å². The van der Waals surface area contributed by atoms with Crippen LogP contribution in [0.1, 0.15) is 6.92 Å². The maximum atomic E-state index is 11.9. The zero-order valence-electron chi connectivity index (χ0n) is 12.8. The van der Waals surface area contributed by atoms with Crippen LogP contribution >= 0.6 is 0 Å². The van der Waals surface area contributed by atoms with Crippen LogP contribution < -0.4 is 5.06 Å². The van der Waals surface area contributed by atoms with Crippen LogP contribution in [-0.4, -0.2) is 25.1 Å². The summed E-state index contributed by atoms with van der Waals surface area (Å²) in [6.07, 6.45) is 1.55. The van der Waals surface area contributed by atoms with Gasteiger partial charge in [0.15, 0.2) is 5.82 Å². The first-order valence-electron chi connectivity index (χ1n) is 6.84. The van der Waals surface area contributed by atoms with Gasteiger partial charge in [0.05, 0.1) is 12.8 Å². The fraction of sp³-hybridized carbons (Fsp3) is 0.176. The molecule has 1 aromatic heterocycles. The Balaban J connectivity index is 2.17. The number of ether oxygens (including phenoxy) is 1. The van der Waals surface area contributed by atoms with Gasteiger partial charge in [-0.25, -0.2) is 9.78 Å². The number of methoxy groups -OCH3 is 1. The molecule has 0 atom stereocenters. The van der Waals surface area contributed by atoms with E-state index in [4.69, 9.17) is 9.57 Å². The normalized spacial score (nSPS) is 11.0. The van der Waals surface area contributed by atoms with Crippen LogP contribution in [0, 0.1) is 0 Å². The summed E-state index contributed by atoms with van der Waals surface area (Å²) in [5, 5.41) is 1.32. The molecule has 2 aromatic rings. The number of hydroxylamine groups is 1. The van der Waals surface area contributed by atoms with E-state index in [1.165, 1.54) is 12.2 Å². The van der Waals surface area contributed by atoms with Gasteiger partial charge < -0.3 is 9.57 Å². The van der Waals surface area contributed by atoms with Gasteiger partial charge in [0, 0.05) is 12.6 Å². The standard InChI is InChI=1S/C17H18N2O3/c1-4-15(21-3)17(20)22-19(2)16-12-8-11-14(18-16)13-9-6-5-7-10-13/h4-12H,1-3H3. The first-order chi connectivity index (χ1) is 10.7. The Morgan fingerprint density at radius 3 is 2.50 bits per heavy atom. The molecule has 0 spiro atoms. The molecule has 5 heteroatoms. The van der Waals surface area contributed by atoms with E-state index >= 15 is 0 Å². The monoisotopic (exact) mass is 298 g/mol. The lowest BCUT2D eigenvalue weighted by molar-refractivity contribution is -0.143. The minimum absolute atomic E-state index is 0.145. The number of anilines is 1. The Labute approximate surface area is 129 Å². The van der Waals surface area contributed by atoms with Crippen LogP contribution in [0.15, 0.2) is 60.4 Å². The summed E-state index contributed by atoms with van der Waals surface area (Å²) in [5.74, 6) is 0.103. The highest BCUT2D eigenvalue weighted by Crippen LogP contribution is 2.20. The number of carbonyl (C=O) groups is 1. The van der Waals surface area contributed by atoms with Crippen molar-refractivity contribution in [2.75, 3.05) is 19.2 Å². The maximum absolute atomic E-state index is 11.9. The molecule has 114 valence electrons. The van der Waals surface area contributed by atoms with Crippen LogP contribution in [0.4, 0.5) is 5.82 Å². The number of hydrogen-bond donors (Lipinski definition) is 0. The lowest BCUT2D eigenvalue weighted by Crippen LogP contribution is -2.25. The summed E-state index contributed by atoms with van der Waals surface area (Å²) in [5.41, 5.74) is 1.80. The highest BCUT2D eigenvalue weighted by Gasteiger charge is 2.15. The third-order valence-electron chi connectivity index (χ3n) is 3.03. The smallest absolute Gasteiger partial charge is 0.397 e. The van der Waals surface area contributed by atoms with Crippen molar-refractivity contribution in [3.05, 3.63) is 60.4 Å². The average molecular weight is 298 g/mol. The molecule has 0 aliphatic rings. The molecule has 0 saturated heterocycles. The zero-order chi connectivity index (χ0) is 15.9. The van der Waals surface area contributed by atoms with Gasteiger partial charge in [-0.15, -0.1) is 0 Å². The number of hydrogen-bond acceptors (Lipinski definition) is 5. The molecule has 0 aliphatic heterocycles. The SMILES string of the molecule is CC=C(OC)C(=O)ON(C)c1cccc(-c2ccccc2)n1. The van der Waals surface area contributed by atoms with Crippen molar-refractivity contribution in [3.63, 3.8) is 0 Å². The summed E-state index contributed by atoms with van der Waals surface area (Å²) in [7, 11) is 3.04. The molecule has 0 saturated carbocycles. The fourth-order valence-corrected chi connectivity index (χ4v) is 1.90. The van der Waals surface area contributed by atoms with Gasteiger partial charge in [-0.05, 0) is 25.1 Å². The summed E-state index contributed by atoms with van der Waals surface area (Å²) >= 11 is 0. The zero-order valence-corrected chi connectivity index (χ0v) is 12.8. The number of allylic oxidation sites excluding steroid dienone is 1. The van der Waals surface area contributed by atoms with Gasteiger partial charge in [0.2, 0.25) is 5.76 Å². The summed E-state index contributed by atoms with van der Waals surface area (Å²) < 4.78 is 4.93. The molecule has 1 heterocycles. The van der Waals surface area contributed by atoms with Crippen molar-refractivity contribution in [3.8, 4) is 11.3 Å². The molecule has 0 unspecified atom stereocenters. The van der Waals surface area contributed by atoms with E-state index in [0.29, 0.717) is 5.82 Å². The largest absolute Gasteiger partial charge is 0.490 e. The molecule has 0 amide bonds. The molecule has 0 N–H and O–H groups in total. The second-order valence-electron chi connectivity index (χ2n) is 4.48. The molecule has 0 radical (unpaired) electrons. The van der Waals surface area contributed by atoms with Gasteiger partial charge in [-0.2, -0.15) is 5.06 Å². The maximum Gasteiger partial charge on any atom is 0.397 e. The number of aromatic nitrogens is 1. The lowest BCUT2D eigenvalue weighted by atomic mass is 10.1. The van der Waals surface area contributed by atoms with Gasteiger partial charge in [0.25, 0.3) is 0 Å². The quantitative estimate of drug-likeness (QED) is 0.482. The van der Waals surface area contributed by atoms with Crippen molar-refractivity contribution >= 4 is 11.8 Å². The van der Waals surface area contributed by atoms with E-state index in [2.05, 4.69) is 4.98 Å².